The van der Waals surface area contributed by atoms with Gasteiger partial charge in [-0.15, -0.1) is 10.2 Å². The Labute approximate surface area is 158 Å². The average Bonchev–Trinajstić information content (AvgIpc) is 3.21. The van der Waals surface area contributed by atoms with Gasteiger partial charge in [0.1, 0.15) is 6.33 Å². The molecule has 0 aliphatic carbocycles. The number of rotatable bonds is 7. The molecule has 7 heteroatoms. The minimum atomic E-state index is -0.00211. The van der Waals surface area contributed by atoms with Gasteiger partial charge in [0.2, 0.25) is 0 Å². The lowest BCUT2D eigenvalue weighted by molar-refractivity contribution is 0.265. The van der Waals surface area contributed by atoms with Crippen LogP contribution in [0.5, 0.6) is 0 Å². The summed E-state index contributed by atoms with van der Waals surface area (Å²) in [6, 6.07) is 19.9. The summed E-state index contributed by atoms with van der Waals surface area (Å²) in [6.45, 7) is 1.12. The van der Waals surface area contributed by atoms with Crippen LogP contribution in [0.3, 0.4) is 0 Å². The van der Waals surface area contributed by atoms with Gasteiger partial charge in [-0.1, -0.05) is 48.5 Å². The molecule has 7 nitrogen and oxygen atoms in total. The molecule has 0 aliphatic heterocycles. The third-order valence-electron chi connectivity index (χ3n) is 4.30. The van der Waals surface area contributed by atoms with Crippen LogP contribution in [0.2, 0.25) is 0 Å². The fourth-order valence-electron chi connectivity index (χ4n) is 2.80. The molecule has 1 atom stereocenters. The summed E-state index contributed by atoms with van der Waals surface area (Å²) in [6.07, 6.45) is 1.69. The second kappa shape index (κ2) is 9.49. The van der Waals surface area contributed by atoms with Crippen molar-refractivity contribution in [3.63, 3.8) is 0 Å². The Hall–Kier alpha value is -3.19. The summed E-state index contributed by atoms with van der Waals surface area (Å²) in [5, 5.41) is 24.4. The van der Waals surface area contributed by atoms with Crippen molar-refractivity contribution in [1.82, 2.24) is 25.4 Å². The predicted molar refractivity (Wildman–Crippen MR) is 106 cm³/mol. The van der Waals surface area contributed by atoms with E-state index in [0.29, 0.717) is 19.0 Å². The topological polar surface area (TPSA) is 87.4 Å². The molecular formula is C20H24N6O. The maximum absolute atomic E-state index is 9.69. The molecule has 0 bridgehead atoms. The zero-order valence-corrected chi connectivity index (χ0v) is 15.3. The highest BCUT2D eigenvalue weighted by Crippen LogP contribution is 2.13. The van der Waals surface area contributed by atoms with Crippen molar-refractivity contribution in [2.75, 3.05) is 20.2 Å². The summed E-state index contributed by atoms with van der Waals surface area (Å²) in [4.78, 5) is 4.25. The number of guanidine groups is 1. The van der Waals surface area contributed by atoms with E-state index in [4.69, 9.17) is 0 Å². The molecule has 140 valence electrons. The SMILES string of the molecule is CN=C(NCc1nncn1-c1ccccc1)NCC(CO)c1ccccc1. The van der Waals surface area contributed by atoms with Crippen LogP contribution in [0, 0.1) is 0 Å². The molecule has 0 saturated heterocycles. The number of hydrogen-bond acceptors (Lipinski definition) is 4. The summed E-state index contributed by atoms with van der Waals surface area (Å²) in [5.74, 6) is 1.43. The number of aliphatic hydroxyl groups excluding tert-OH is 1. The van der Waals surface area contributed by atoms with E-state index in [2.05, 4.69) is 25.8 Å². The zero-order valence-electron chi connectivity index (χ0n) is 15.3. The van der Waals surface area contributed by atoms with Gasteiger partial charge < -0.3 is 15.7 Å². The van der Waals surface area contributed by atoms with Crippen molar-refractivity contribution in [3.05, 3.63) is 78.4 Å². The highest BCUT2D eigenvalue weighted by atomic mass is 16.3. The average molecular weight is 364 g/mol. The van der Waals surface area contributed by atoms with E-state index in [9.17, 15) is 5.11 Å². The molecule has 1 unspecified atom stereocenters. The van der Waals surface area contributed by atoms with E-state index in [1.165, 1.54) is 0 Å². The van der Waals surface area contributed by atoms with Crippen molar-refractivity contribution < 1.29 is 5.11 Å². The number of nitrogens with one attached hydrogen (secondary N) is 2. The maximum Gasteiger partial charge on any atom is 0.191 e. The largest absolute Gasteiger partial charge is 0.396 e. The normalized spacial score (nSPS) is 12.6. The molecular weight excluding hydrogens is 340 g/mol. The van der Waals surface area contributed by atoms with Gasteiger partial charge in [0.15, 0.2) is 11.8 Å². The number of aliphatic imine (C=N–C) groups is 1. The summed E-state index contributed by atoms with van der Waals surface area (Å²) >= 11 is 0. The van der Waals surface area contributed by atoms with Crippen LogP contribution >= 0.6 is 0 Å². The third-order valence-corrected chi connectivity index (χ3v) is 4.30. The Morgan fingerprint density at radius 3 is 2.44 bits per heavy atom. The lowest BCUT2D eigenvalue weighted by atomic mass is 10.0. The van der Waals surface area contributed by atoms with Gasteiger partial charge in [-0.3, -0.25) is 9.56 Å². The molecule has 0 fully saturated rings. The zero-order chi connectivity index (χ0) is 18.9. The van der Waals surface area contributed by atoms with E-state index >= 15 is 0 Å². The Kier molecular flexibility index (Phi) is 6.54. The van der Waals surface area contributed by atoms with Gasteiger partial charge >= 0.3 is 0 Å². The van der Waals surface area contributed by atoms with Crippen LogP contribution in [0.25, 0.3) is 5.69 Å². The van der Waals surface area contributed by atoms with Gasteiger partial charge in [-0.25, -0.2) is 0 Å². The maximum atomic E-state index is 9.69. The van der Waals surface area contributed by atoms with Crippen molar-refractivity contribution in [2.24, 2.45) is 4.99 Å². The number of nitrogens with zero attached hydrogens (tertiary/aromatic N) is 4. The summed E-state index contributed by atoms with van der Waals surface area (Å²) in [7, 11) is 1.72. The number of aliphatic hydroxyl groups is 1. The van der Waals surface area contributed by atoms with Crippen LogP contribution in [0.4, 0.5) is 0 Å². The number of para-hydroxylation sites is 1. The minimum absolute atomic E-state index is 0.00211. The van der Waals surface area contributed by atoms with Crippen molar-refractivity contribution in [3.8, 4) is 5.69 Å². The van der Waals surface area contributed by atoms with Gasteiger partial charge in [-0.2, -0.15) is 0 Å². The molecule has 0 radical (unpaired) electrons. The van der Waals surface area contributed by atoms with E-state index in [1.54, 1.807) is 13.4 Å². The van der Waals surface area contributed by atoms with Crippen molar-refractivity contribution in [2.45, 2.75) is 12.5 Å². The standard InChI is InChI=1S/C20H24N6O/c1-21-20(22-12-17(14-27)16-8-4-2-5-9-16)23-13-19-25-24-15-26(19)18-10-6-3-7-11-18/h2-11,15,17,27H,12-14H2,1H3,(H2,21,22,23). The molecule has 3 N–H and O–H groups in total. The molecule has 0 aliphatic rings. The molecule has 1 heterocycles. The highest BCUT2D eigenvalue weighted by Gasteiger charge is 2.12. The first-order valence-corrected chi connectivity index (χ1v) is 8.86. The van der Waals surface area contributed by atoms with Crippen LogP contribution in [-0.2, 0) is 6.54 Å². The van der Waals surface area contributed by atoms with Gasteiger partial charge in [0, 0.05) is 25.2 Å². The predicted octanol–water partition coefficient (Wildman–Crippen LogP) is 1.71. The van der Waals surface area contributed by atoms with E-state index in [0.717, 1.165) is 17.1 Å². The minimum Gasteiger partial charge on any atom is -0.396 e. The first kappa shape index (κ1) is 18.6. The van der Waals surface area contributed by atoms with Gasteiger partial charge in [-0.05, 0) is 17.7 Å². The van der Waals surface area contributed by atoms with Crippen LogP contribution in [0.15, 0.2) is 72.0 Å². The summed E-state index contributed by atoms with van der Waals surface area (Å²) in [5.41, 5.74) is 2.10. The fraction of sp³-hybridized carbons (Fsp3) is 0.250. The van der Waals surface area contributed by atoms with Crippen molar-refractivity contribution >= 4 is 5.96 Å². The second-order valence-electron chi connectivity index (χ2n) is 6.05. The highest BCUT2D eigenvalue weighted by molar-refractivity contribution is 5.79. The first-order valence-electron chi connectivity index (χ1n) is 8.86. The Morgan fingerprint density at radius 1 is 1.07 bits per heavy atom. The molecule has 0 amide bonds. The molecule has 3 rings (SSSR count). The Balaban J connectivity index is 1.58. The monoisotopic (exact) mass is 364 g/mol. The third kappa shape index (κ3) is 4.92. The van der Waals surface area contributed by atoms with Crippen molar-refractivity contribution in [1.29, 1.82) is 0 Å². The second-order valence-corrected chi connectivity index (χ2v) is 6.05. The Bertz CT molecular complexity index is 847. The van der Waals surface area contributed by atoms with Crippen LogP contribution in [0.1, 0.15) is 17.3 Å². The molecule has 0 saturated carbocycles. The lowest BCUT2D eigenvalue weighted by Crippen LogP contribution is -2.40. The van der Waals surface area contributed by atoms with Crippen LogP contribution in [-0.4, -0.2) is 46.0 Å². The number of benzene rings is 2. The quantitative estimate of drug-likeness (QED) is 0.439. The molecule has 3 aromatic rings. The molecule has 27 heavy (non-hydrogen) atoms. The van der Waals surface area contributed by atoms with E-state index < -0.39 is 0 Å². The van der Waals surface area contributed by atoms with Crippen LogP contribution < -0.4 is 10.6 Å². The number of aromatic nitrogens is 3. The number of hydrogen-bond donors (Lipinski definition) is 3. The van der Waals surface area contributed by atoms with E-state index in [-0.39, 0.29) is 12.5 Å². The smallest absolute Gasteiger partial charge is 0.191 e. The first-order chi connectivity index (χ1) is 13.3. The molecule has 0 spiro atoms. The molecule has 2 aromatic carbocycles. The van der Waals surface area contributed by atoms with E-state index in [1.807, 2.05) is 65.2 Å². The lowest BCUT2D eigenvalue weighted by Gasteiger charge is -2.18. The molecule has 1 aromatic heterocycles. The summed E-state index contributed by atoms with van der Waals surface area (Å²) < 4.78 is 1.93. The fourth-order valence-corrected chi connectivity index (χ4v) is 2.80. The van der Waals surface area contributed by atoms with Gasteiger partial charge in [0.05, 0.1) is 13.2 Å². The van der Waals surface area contributed by atoms with Gasteiger partial charge in [0.25, 0.3) is 0 Å². The Morgan fingerprint density at radius 2 is 1.78 bits per heavy atom.